The van der Waals surface area contributed by atoms with Crippen LogP contribution in [0.2, 0.25) is 5.02 Å². The second-order valence-electron chi connectivity index (χ2n) is 5.16. The van der Waals surface area contributed by atoms with Gasteiger partial charge in [-0.1, -0.05) is 23.7 Å². The SMILES string of the molecule is O=C(COC(=O)/C=C/c1cccc(Cl)c1)N[C@@H]1CCS(=O)(=O)C1. The average molecular weight is 358 g/mol. The van der Waals surface area contributed by atoms with Gasteiger partial charge in [-0.2, -0.15) is 0 Å². The molecular formula is C15H16ClNO5S. The Morgan fingerprint density at radius 1 is 1.39 bits per heavy atom. The number of carbonyl (C=O) groups is 2. The van der Waals surface area contributed by atoms with Gasteiger partial charge in [-0.3, -0.25) is 4.79 Å². The van der Waals surface area contributed by atoms with Crippen LogP contribution in [0.25, 0.3) is 6.08 Å². The Labute approximate surface area is 139 Å². The van der Waals surface area contributed by atoms with Crippen LogP contribution in [0.3, 0.4) is 0 Å². The summed E-state index contributed by atoms with van der Waals surface area (Å²) < 4.78 is 27.4. The van der Waals surface area contributed by atoms with E-state index >= 15 is 0 Å². The van der Waals surface area contributed by atoms with Crippen LogP contribution in [0.5, 0.6) is 0 Å². The highest BCUT2D eigenvalue weighted by atomic mass is 35.5. The third-order valence-electron chi connectivity index (χ3n) is 3.20. The van der Waals surface area contributed by atoms with Crippen molar-refractivity contribution in [3.63, 3.8) is 0 Å². The Hall–Kier alpha value is -1.86. The lowest BCUT2D eigenvalue weighted by Gasteiger charge is -2.10. The number of sulfone groups is 1. The van der Waals surface area contributed by atoms with Crippen molar-refractivity contribution < 1.29 is 22.7 Å². The molecule has 0 radical (unpaired) electrons. The molecule has 8 heteroatoms. The fourth-order valence-electron chi connectivity index (χ4n) is 2.14. The highest BCUT2D eigenvalue weighted by Gasteiger charge is 2.28. The zero-order chi connectivity index (χ0) is 16.9. The Morgan fingerprint density at radius 3 is 2.83 bits per heavy atom. The molecule has 0 spiro atoms. The maximum absolute atomic E-state index is 11.6. The number of hydrogen-bond donors (Lipinski definition) is 1. The molecular weight excluding hydrogens is 342 g/mol. The van der Waals surface area contributed by atoms with Gasteiger partial charge in [0.05, 0.1) is 11.5 Å². The predicted molar refractivity (Wildman–Crippen MR) is 86.6 cm³/mol. The van der Waals surface area contributed by atoms with E-state index in [0.717, 1.165) is 5.56 Å². The molecule has 124 valence electrons. The Balaban J connectivity index is 1.75. The van der Waals surface area contributed by atoms with Crippen LogP contribution < -0.4 is 5.32 Å². The van der Waals surface area contributed by atoms with E-state index in [4.69, 9.17) is 16.3 Å². The summed E-state index contributed by atoms with van der Waals surface area (Å²) in [5.74, 6) is -1.18. The van der Waals surface area contributed by atoms with Gasteiger partial charge in [-0.15, -0.1) is 0 Å². The maximum atomic E-state index is 11.6. The molecule has 6 nitrogen and oxygen atoms in total. The first-order valence-corrected chi connectivity index (χ1v) is 9.14. The van der Waals surface area contributed by atoms with Crippen molar-refractivity contribution in [2.24, 2.45) is 0 Å². The van der Waals surface area contributed by atoms with Gasteiger partial charge in [0.1, 0.15) is 0 Å². The summed E-state index contributed by atoms with van der Waals surface area (Å²) in [5.41, 5.74) is 0.732. The monoisotopic (exact) mass is 357 g/mol. The Morgan fingerprint density at radius 2 is 2.17 bits per heavy atom. The molecule has 2 rings (SSSR count). The van der Waals surface area contributed by atoms with Crippen molar-refractivity contribution in [2.75, 3.05) is 18.1 Å². The zero-order valence-corrected chi connectivity index (χ0v) is 13.8. The van der Waals surface area contributed by atoms with E-state index in [1.165, 1.54) is 12.2 Å². The van der Waals surface area contributed by atoms with Gasteiger partial charge in [0, 0.05) is 17.1 Å². The summed E-state index contributed by atoms with van der Waals surface area (Å²) in [6, 6.07) is 6.50. The molecule has 1 N–H and O–H groups in total. The summed E-state index contributed by atoms with van der Waals surface area (Å²) in [4.78, 5) is 23.1. The van der Waals surface area contributed by atoms with Gasteiger partial charge in [-0.05, 0) is 30.2 Å². The molecule has 1 amide bonds. The molecule has 1 aliphatic rings. The third kappa shape index (κ3) is 6.03. The Bertz CT molecular complexity index is 729. The number of esters is 1. The fraction of sp³-hybridized carbons (Fsp3) is 0.333. The lowest BCUT2D eigenvalue weighted by molar-refractivity contribution is -0.143. The smallest absolute Gasteiger partial charge is 0.331 e. The van der Waals surface area contributed by atoms with E-state index in [9.17, 15) is 18.0 Å². The van der Waals surface area contributed by atoms with E-state index in [1.54, 1.807) is 24.3 Å². The number of benzene rings is 1. The van der Waals surface area contributed by atoms with Crippen molar-refractivity contribution in [3.8, 4) is 0 Å². The van der Waals surface area contributed by atoms with Crippen LogP contribution in [-0.2, 0) is 24.2 Å². The molecule has 1 atom stereocenters. The largest absolute Gasteiger partial charge is 0.452 e. The summed E-state index contributed by atoms with van der Waals surface area (Å²) in [5, 5.41) is 3.08. The number of carbonyl (C=O) groups excluding carboxylic acids is 2. The van der Waals surface area contributed by atoms with Crippen LogP contribution in [0.15, 0.2) is 30.3 Å². The lowest BCUT2D eigenvalue weighted by Crippen LogP contribution is -2.38. The maximum Gasteiger partial charge on any atom is 0.331 e. The fourth-order valence-corrected chi connectivity index (χ4v) is 4.01. The molecule has 0 aliphatic carbocycles. The van der Waals surface area contributed by atoms with Crippen molar-refractivity contribution in [3.05, 3.63) is 40.9 Å². The van der Waals surface area contributed by atoms with Crippen LogP contribution >= 0.6 is 11.6 Å². The van der Waals surface area contributed by atoms with Crippen LogP contribution in [0, 0.1) is 0 Å². The minimum absolute atomic E-state index is 0.0681. The van der Waals surface area contributed by atoms with Crippen molar-refractivity contribution in [1.82, 2.24) is 5.32 Å². The number of amides is 1. The minimum atomic E-state index is -3.06. The van der Waals surface area contributed by atoms with E-state index < -0.39 is 34.4 Å². The van der Waals surface area contributed by atoms with Crippen molar-refractivity contribution in [1.29, 1.82) is 0 Å². The van der Waals surface area contributed by atoms with Crippen molar-refractivity contribution >= 4 is 39.4 Å². The van der Waals surface area contributed by atoms with Gasteiger partial charge in [0.25, 0.3) is 5.91 Å². The quantitative estimate of drug-likeness (QED) is 0.631. The van der Waals surface area contributed by atoms with Gasteiger partial charge < -0.3 is 10.1 Å². The van der Waals surface area contributed by atoms with Crippen LogP contribution in [0.4, 0.5) is 0 Å². The number of nitrogens with one attached hydrogen (secondary N) is 1. The molecule has 0 unspecified atom stereocenters. The zero-order valence-electron chi connectivity index (χ0n) is 12.2. The molecule has 1 fully saturated rings. The Kier molecular flexibility index (Phi) is 5.79. The van der Waals surface area contributed by atoms with Gasteiger partial charge >= 0.3 is 5.97 Å². The summed E-state index contributed by atoms with van der Waals surface area (Å²) in [7, 11) is -3.06. The van der Waals surface area contributed by atoms with E-state index in [-0.39, 0.29) is 11.5 Å². The molecule has 1 aromatic carbocycles. The summed E-state index contributed by atoms with van der Waals surface area (Å²) in [6.45, 7) is -0.449. The first-order chi connectivity index (χ1) is 10.8. The van der Waals surface area contributed by atoms with Gasteiger partial charge in [0.2, 0.25) is 0 Å². The van der Waals surface area contributed by atoms with Crippen LogP contribution in [-0.4, -0.2) is 44.4 Å². The summed E-state index contributed by atoms with van der Waals surface area (Å²) in [6.07, 6.45) is 3.10. The molecule has 1 aliphatic heterocycles. The second-order valence-corrected chi connectivity index (χ2v) is 7.83. The first-order valence-electron chi connectivity index (χ1n) is 6.94. The summed E-state index contributed by atoms with van der Waals surface area (Å²) >= 11 is 5.82. The van der Waals surface area contributed by atoms with Gasteiger partial charge in [-0.25, -0.2) is 13.2 Å². The topological polar surface area (TPSA) is 89.5 Å². The highest BCUT2D eigenvalue weighted by Crippen LogP contribution is 2.12. The number of ether oxygens (including phenoxy) is 1. The molecule has 1 saturated heterocycles. The molecule has 23 heavy (non-hydrogen) atoms. The lowest BCUT2D eigenvalue weighted by atomic mass is 10.2. The number of hydrogen-bond acceptors (Lipinski definition) is 5. The molecule has 1 aromatic rings. The minimum Gasteiger partial charge on any atom is -0.452 e. The second kappa shape index (κ2) is 7.61. The van der Waals surface area contributed by atoms with E-state index in [1.807, 2.05) is 0 Å². The number of halogens is 1. The van der Waals surface area contributed by atoms with E-state index in [0.29, 0.717) is 11.4 Å². The molecule has 0 aromatic heterocycles. The molecule has 1 heterocycles. The van der Waals surface area contributed by atoms with E-state index in [2.05, 4.69) is 5.32 Å². The third-order valence-corrected chi connectivity index (χ3v) is 5.21. The van der Waals surface area contributed by atoms with Crippen molar-refractivity contribution in [2.45, 2.75) is 12.5 Å². The van der Waals surface area contributed by atoms with Gasteiger partial charge in [0.15, 0.2) is 16.4 Å². The normalized spacial score (nSPS) is 19.6. The first kappa shape index (κ1) is 17.5. The number of rotatable bonds is 5. The standard InChI is InChI=1S/C15H16ClNO5S/c16-12-3-1-2-11(8-12)4-5-15(19)22-9-14(18)17-13-6-7-23(20,21)10-13/h1-5,8,13H,6-7,9-10H2,(H,17,18)/b5-4+/t13-/m1/s1. The average Bonchev–Trinajstić information content (AvgIpc) is 2.82. The van der Waals surface area contributed by atoms with Crippen LogP contribution in [0.1, 0.15) is 12.0 Å². The predicted octanol–water partition coefficient (Wildman–Crippen LogP) is 1.20. The molecule has 0 bridgehead atoms. The molecule has 0 saturated carbocycles. The highest BCUT2D eigenvalue weighted by molar-refractivity contribution is 7.91.